The third-order valence-electron chi connectivity index (χ3n) is 1.91. The molecule has 0 saturated heterocycles. The van der Waals surface area contributed by atoms with Crippen LogP contribution in [0.5, 0.6) is 0 Å². The minimum atomic E-state index is 0.559. The highest BCUT2D eigenvalue weighted by Crippen LogP contribution is 2.22. The number of aromatic nitrogens is 4. The van der Waals surface area contributed by atoms with Crippen molar-refractivity contribution in [2.24, 2.45) is 7.05 Å². The first kappa shape index (κ1) is 10.4. The Labute approximate surface area is 96.8 Å². The van der Waals surface area contributed by atoms with E-state index in [1.165, 1.54) is 4.80 Å². The van der Waals surface area contributed by atoms with Gasteiger partial charge in [-0.3, -0.25) is 0 Å². The Hall–Kier alpha value is -1.13. The normalized spacial score (nSPS) is 10.6. The molecule has 0 fully saturated rings. The summed E-state index contributed by atoms with van der Waals surface area (Å²) in [6.45, 7) is 0. The molecule has 1 aromatic heterocycles. The zero-order valence-corrected chi connectivity index (χ0v) is 9.50. The van der Waals surface area contributed by atoms with Crippen LogP contribution in [-0.2, 0) is 13.5 Å². The van der Waals surface area contributed by atoms with Crippen LogP contribution in [-0.4, -0.2) is 20.2 Å². The van der Waals surface area contributed by atoms with Crippen molar-refractivity contribution in [2.45, 2.75) is 6.42 Å². The molecule has 78 valence electrons. The summed E-state index contributed by atoms with van der Waals surface area (Å²) < 4.78 is 0. The summed E-state index contributed by atoms with van der Waals surface area (Å²) >= 11 is 11.8. The zero-order valence-electron chi connectivity index (χ0n) is 7.98. The number of rotatable bonds is 2. The van der Waals surface area contributed by atoms with Crippen molar-refractivity contribution in [1.82, 2.24) is 20.2 Å². The second-order valence-electron chi connectivity index (χ2n) is 3.11. The highest BCUT2D eigenvalue weighted by atomic mass is 35.5. The molecule has 2 rings (SSSR count). The Balaban J connectivity index is 2.24. The minimum absolute atomic E-state index is 0.559. The average molecular weight is 243 g/mol. The van der Waals surface area contributed by atoms with E-state index in [4.69, 9.17) is 23.2 Å². The van der Waals surface area contributed by atoms with Crippen molar-refractivity contribution in [2.75, 3.05) is 0 Å². The first-order valence-corrected chi connectivity index (χ1v) is 5.07. The van der Waals surface area contributed by atoms with Crippen LogP contribution in [0.1, 0.15) is 11.4 Å². The fourth-order valence-electron chi connectivity index (χ4n) is 1.23. The molecule has 0 radical (unpaired) electrons. The van der Waals surface area contributed by atoms with Gasteiger partial charge in [-0.05, 0) is 22.9 Å². The Morgan fingerprint density at radius 3 is 2.73 bits per heavy atom. The SMILES string of the molecule is Cn1nnc(Cc2ccc(Cl)cc2Cl)n1. The van der Waals surface area contributed by atoms with E-state index in [1.807, 2.05) is 6.07 Å². The topological polar surface area (TPSA) is 43.6 Å². The molecule has 1 aromatic carbocycles. The Kier molecular flexibility index (Phi) is 2.88. The van der Waals surface area contributed by atoms with Crippen molar-refractivity contribution in [3.63, 3.8) is 0 Å². The largest absolute Gasteiger partial charge is 0.179 e. The van der Waals surface area contributed by atoms with Gasteiger partial charge in [0.15, 0.2) is 5.82 Å². The minimum Gasteiger partial charge on any atom is -0.167 e. The number of aryl methyl sites for hydroxylation is 1. The maximum absolute atomic E-state index is 6.02. The summed E-state index contributed by atoms with van der Waals surface area (Å²) in [4.78, 5) is 1.42. The number of hydrogen-bond acceptors (Lipinski definition) is 3. The molecule has 15 heavy (non-hydrogen) atoms. The second kappa shape index (κ2) is 4.16. The molecule has 1 heterocycles. The van der Waals surface area contributed by atoms with Crippen LogP contribution < -0.4 is 0 Å². The smallest absolute Gasteiger partial charge is 0.167 e. The van der Waals surface area contributed by atoms with Crippen molar-refractivity contribution in [3.05, 3.63) is 39.6 Å². The van der Waals surface area contributed by atoms with Crippen LogP contribution in [0.4, 0.5) is 0 Å². The van der Waals surface area contributed by atoms with Crippen LogP contribution in [0, 0.1) is 0 Å². The summed E-state index contributed by atoms with van der Waals surface area (Å²) in [5.74, 6) is 0.640. The fourth-order valence-corrected chi connectivity index (χ4v) is 1.70. The molecule has 0 aliphatic carbocycles. The van der Waals surface area contributed by atoms with E-state index >= 15 is 0 Å². The molecule has 0 aliphatic heterocycles. The van der Waals surface area contributed by atoms with E-state index in [-0.39, 0.29) is 0 Å². The van der Waals surface area contributed by atoms with E-state index in [1.54, 1.807) is 19.2 Å². The van der Waals surface area contributed by atoms with Crippen LogP contribution in [0.2, 0.25) is 10.0 Å². The van der Waals surface area contributed by atoms with Gasteiger partial charge in [-0.25, -0.2) is 0 Å². The van der Waals surface area contributed by atoms with Crippen LogP contribution in [0.3, 0.4) is 0 Å². The number of nitrogens with zero attached hydrogens (tertiary/aromatic N) is 4. The first-order valence-electron chi connectivity index (χ1n) is 4.32. The monoisotopic (exact) mass is 242 g/mol. The van der Waals surface area contributed by atoms with Gasteiger partial charge in [-0.1, -0.05) is 29.3 Å². The first-order chi connectivity index (χ1) is 7.15. The molecule has 0 saturated carbocycles. The second-order valence-corrected chi connectivity index (χ2v) is 3.95. The predicted octanol–water partition coefficient (Wildman–Crippen LogP) is 2.11. The quantitative estimate of drug-likeness (QED) is 0.811. The maximum atomic E-state index is 6.02. The van der Waals surface area contributed by atoms with Gasteiger partial charge >= 0.3 is 0 Å². The molecule has 2 aromatic rings. The lowest BCUT2D eigenvalue weighted by Crippen LogP contribution is -1.95. The third kappa shape index (κ3) is 2.46. The van der Waals surface area contributed by atoms with Gasteiger partial charge in [0.05, 0.1) is 7.05 Å². The summed E-state index contributed by atoms with van der Waals surface area (Å²) in [6.07, 6.45) is 0.559. The van der Waals surface area contributed by atoms with Gasteiger partial charge in [0, 0.05) is 16.5 Å². The van der Waals surface area contributed by atoms with Gasteiger partial charge in [0.2, 0.25) is 0 Å². The van der Waals surface area contributed by atoms with Crippen molar-refractivity contribution >= 4 is 23.2 Å². The van der Waals surface area contributed by atoms with Gasteiger partial charge in [-0.2, -0.15) is 4.80 Å². The molecular weight excluding hydrogens is 235 g/mol. The summed E-state index contributed by atoms with van der Waals surface area (Å²) in [5, 5.41) is 12.9. The Bertz CT molecular complexity index is 481. The lowest BCUT2D eigenvalue weighted by Gasteiger charge is -2.00. The molecule has 0 unspecified atom stereocenters. The van der Waals surface area contributed by atoms with Gasteiger partial charge in [0.1, 0.15) is 0 Å². The molecule has 0 amide bonds. The number of hydrogen-bond donors (Lipinski definition) is 0. The van der Waals surface area contributed by atoms with Crippen molar-refractivity contribution in [1.29, 1.82) is 0 Å². The molecule has 0 atom stereocenters. The van der Waals surface area contributed by atoms with Crippen LogP contribution in [0.25, 0.3) is 0 Å². The summed E-state index contributed by atoms with van der Waals surface area (Å²) in [6, 6.07) is 5.36. The van der Waals surface area contributed by atoms with Gasteiger partial charge in [0.25, 0.3) is 0 Å². The molecule has 0 spiro atoms. The van der Waals surface area contributed by atoms with Crippen molar-refractivity contribution in [3.8, 4) is 0 Å². The molecule has 0 N–H and O–H groups in total. The van der Waals surface area contributed by atoms with Crippen molar-refractivity contribution < 1.29 is 0 Å². The molecular formula is C9H8Cl2N4. The fraction of sp³-hybridized carbons (Fsp3) is 0.222. The summed E-state index contributed by atoms with van der Waals surface area (Å²) in [7, 11) is 1.72. The lowest BCUT2D eigenvalue weighted by molar-refractivity contribution is 0.628. The lowest BCUT2D eigenvalue weighted by atomic mass is 10.1. The number of benzene rings is 1. The van der Waals surface area contributed by atoms with E-state index in [9.17, 15) is 0 Å². The number of tetrazole rings is 1. The molecule has 6 heteroatoms. The highest BCUT2D eigenvalue weighted by molar-refractivity contribution is 6.35. The van der Waals surface area contributed by atoms with E-state index in [0.717, 1.165) is 5.56 Å². The maximum Gasteiger partial charge on any atom is 0.179 e. The number of halogens is 2. The third-order valence-corrected chi connectivity index (χ3v) is 2.50. The standard InChI is InChI=1S/C9H8Cl2N4/c1-15-13-9(12-14-15)4-6-2-3-7(10)5-8(6)11/h2-3,5H,4H2,1H3. The summed E-state index contributed by atoms with van der Waals surface area (Å²) in [5.41, 5.74) is 0.939. The molecule has 4 nitrogen and oxygen atoms in total. The van der Waals surface area contributed by atoms with E-state index < -0.39 is 0 Å². The Morgan fingerprint density at radius 2 is 2.13 bits per heavy atom. The molecule has 0 bridgehead atoms. The van der Waals surface area contributed by atoms with Crippen LogP contribution >= 0.6 is 23.2 Å². The van der Waals surface area contributed by atoms with Crippen LogP contribution in [0.15, 0.2) is 18.2 Å². The van der Waals surface area contributed by atoms with Gasteiger partial charge < -0.3 is 0 Å². The van der Waals surface area contributed by atoms with E-state index in [2.05, 4.69) is 15.4 Å². The average Bonchev–Trinajstić information content (AvgIpc) is 2.56. The zero-order chi connectivity index (χ0) is 10.8. The predicted molar refractivity (Wildman–Crippen MR) is 58.1 cm³/mol. The Morgan fingerprint density at radius 1 is 1.33 bits per heavy atom. The van der Waals surface area contributed by atoms with E-state index in [0.29, 0.717) is 22.3 Å². The van der Waals surface area contributed by atoms with Gasteiger partial charge in [-0.15, -0.1) is 10.2 Å². The highest BCUT2D eigenvalue weighted by Gasteiger charge is 2.06. The molecule has 0 aliphatic rings.